The topological polar surface area (TPSA) is 70.2 Å². The van der Waals surface area contributed by atoms with Crippen LogP contribution in [0.1, 0.15) is 20.8 Å². The molecule has 2 aromatic rings. The van der Waals surface area contributed by atoms with Gasteiger partial charge in [0.15, 0.2) is 4.34 Å². The molecule has 2 rings (SSSR count). The Kier molecular flexibility index (Phi) is 7.93. The highest BCUT2D eigenvalue weighted by Gasteiger charge is 2.27. The van der Waals surface area contributed by atoms with Gasteiger partial charge in [-0.05, 0) is 45.0 Å². The second-order valence-electron chi connectivity index (χ2n) is 6.11. The molecule has 0 saturated heterocycles. The van der Waals surface area contributed by atoms with Gasteiger partial charge in [0, 0.05) is 24.0 Å². The first-order valence-corrected chi connectivity index (χ1v) is 10.4. The van der Waals surface area contributed by atoms with E-state index in [4.69, 9.17) is 0 Å². The van der Waals surface area contributed by atoms with Gasteiger partial charge in [-0.2, -0.15) is 13.2 Å². The molecule has 0 aliphatic rings. The number of rotatable bonds is 9. The van der Waals surface area contributed by atoms with Gasteiger partial charge in [-0.1, -0.05) is 23.1 Å². The second-order valence-corrected chi connectivity index (χ2v) is 8.31. The number of alkyl halides is 3. The molecule has 0 bridgehead atoms. The highest BCUT2D eigenvalue weighted by Crippen LogP contribution is 2.27. The zero-order valence-electron chi connectivity index (χ0n) is 15.7. The average Bonchev–Trinajstić information content (AvgIpc) is 3.07. The van der Waals surface area contributed by atoms with E-state index in [1.54, 1.807) is 0 Å². The summed E-state index contributed by atoms with van der Waals surface area (Å²) < 4.78 is 36.9. The Hall–Kier alpha value is -2.01. The quantitative estimate of drug-likeness (QED) is 0.569. The first-order chi connectivity index (χ1) is 13.2. The van der Waals surface area contributed by atoms with E-state index in [0.29, 0.717) is 16.1 Å². The van der Waals surface area contributed by atoms with Gasteiger partial charge in [-0.15, -0.1) is 10.2 Å². The minimum atomic E-state index is -4.32. The van der Waals surface area contributed by atoms with Crippen molar-refractivity contribution in [1.82, 2.24) is 10.2 Å². The summed E-state index contributed by atoms with van der Waals surface area (Å²) in [6, 6.07) is 7.97. The smallest absolute Gasteiger partial charge is 0.369 e. The second kappa shape index (κ2) is 9.97. The van der Waals surface area contributed by atoms with Crippen molar-refractivity contribution in [2.45, 2.75) is 37.3 Å². The van der Waals surface area contributed by atoms with Crippen LogP contribution in [0.3, 0.4) is 0 Å². The largest absolute Gasteiger partial charge is 0.405 e. The Morgan fingerprint density at radius 2 is 1.93 bits per heavy atom. The van der Waals surface area contributed by atoms with Gasteiger partial charge in [-0.3, -0.25) is 4.79 Å². The van der Waals surface area contributed by atoms with Crippen molar-refractivity contribution in [3.63, 3.8) is 0 Å². The minimum Gasteiger partial charge on any atom is -0.369 e. The van der Waals surface area contributed by atoms with E-state index in [0.717, 1.165) is 35.3 Å². The Labute approximate surface area is 169 Å². The first-order valence-electron chi connectivity index (χ1n) is 8.61. The van der Waals surface area contributed by atoms with Gasteiger partial charge in [0.25, 0.3) is 0 Å². The monoisotopic (exact) mass is 433 g/mol. The minimum absolute atomic E-state index is 0.0708. The number of halogens is 3. The maximum atomic E-state index is 12.2. The lowest BCUT2D eigenvalue weighted by atomic mass is 10.2. The molecule has 0 aliphatic heterocycles. The summed E-state index contributed by atoms with van der Waals surface area (Å²) in [6.07, 6.45) is -4.32. The zero-order valence-corrected chi connectivity index (χ0v) is 17.3. The fraction of sp³-hybridized carbons (Fsp3) is 0.471. The van der Waals surface area contributed by atoms with Gasteiger partial charge >= 0.3 is 6.18 Å². The molecule has 0 spiro atoms. The number of carbonyl (C=O) groups is 1. The lowest BCUT2D eigenvalue weighted by Gasteiger charge is -2.27. The van der Waals surface area contributed by atoms with Gasteiger partial charge < -0.3 is 15.5 Å². The highest BCUT2D eigenvalue weighted by atomic mass is 32.2. The predicted molar refractivity (Wildman–Crippen MR) is 108 cm³/mol. The van der Waals surface area contributed by atoms with Gasteiger partial charge in [0.1, 0.15) is 6.54 Å². The normalized spacial score (nSPS) is 11.5. The molecule has 0 saturated carbocycles. The van der Waals surface area contributed by atoms with Crippen LogP contribution in [0, 0.1) is 0 Å². The highest BCUT2D eigenvalue weighted by molar-refractivity contribution is 8.01. The molecule has 11 heteroatoms. The Bertz CT molecular complexity index is 765. The number of carbonyl (C=O) groups excluding carboxylic acids is 1. The van der Waals surface area contributed by atoms with Crippen molar-refractivity contribution >= 4 is 45.5 Å². The van der Waals surface area contributed by atoms with Gasteiger partial charge in [0.05, 0.1) is 5.75 Å². The van der Waals surface area contributed by atoms with Crippen LogP contribution in [-0.2, 0) is 4.79 Å². The number of hydrogen-bond acceptors (Lipinski definition) is 7. The lowest BCUT2D eigenvalue weighted by Crippen LogP contribution is -2.30. The van der Waals surface area contributed by atoms with Crippen molar-refractivity contribution < 1.29 is 18.0 Å². The molecule has 1 amide bonds. The Balaban J connectivity index is 1.82. The van der Waals surface area contributed by atoms with Crippen LogP contribution in [0.25, 0.3) is 0 Å². The van der Waals surface area contributed by atoms with E-state index in [1.165, 1.54) is 0 Å². The van der Waals surface area contributed by atoms with Crippen LogP contribution in [-0.4, -0.2) is 47.2 Å². The van der Waals surface area contributed by atoms with Crippen LogP contribution < -0.4 is 15.5 Å². The van der Waals surface area contributed by atoms with Crippen molar-refractivity contribution in [1.29, 1.82) is 0 Å². The number of nitrogens with zero attached hydrogens (tertiary/aromatic N) is 3. The lowest BCUT2D eigenvalue weighted by molar-refractivity contribution is -0.115. The number of anilines is 3. The summed E-state index contributed by atoms with van der Waals surface area (Å²) in [5, 5.41) is 12.4. The summed E-state index contributed by atoms with van der Waals surface area (Å²) in [7, 11) is 0. The number of nitrogens with one attached hydrogen (secondary N) is 2. The molecule has 2 N–H and O–H groups in total. The predicted octanol–water partition coefficient (Wildman–Crippen LogP) is 4.48. The molecule has 0 unspecified atom stereocenters. The summed E-state index contributed by atoms with van der Waals surface area (Å²) >= 11 is 2.10. The third kappa shape index (κ3) is 7.19. The maximum absolute atomic E-state index is 12.2. The number of hydrogen-bond donors (Lipinski definition) is 2. The van der Waals surface area contributed by atoms with E-state index >= 15 is 0 Å². The molecule has 1 aromatic heterocycles. The molecular formula is C17H22F3N5OS2. The van der Waals surface area contributed by atoms with Gasteiger partial charge in [0.2, 0.25) is 11.0 Å². The SMILES string of the molecule is CCN(c1ccc(NC(=O)CSc2nnc(NCC(F)(F)F)s2)cc1)C(C)C. The summed E-state index contributed by atoms with van der Waals surface area (Å²) in [5.74, 6) is -0.142. The van der Waals surface area contributed by atoms with Crippen LogP contribution in [0.2, 0.25) is 0 Å². The van der Waals surface area contributed by atoms with Crippen molar-refractivity contribution in [3.8, 4) is 0 Å². The molecule has 1 aromatic carbocycles. The van der Waals surface area contributed by atoms with E-state index in [2.05, 4.69) is 46.5 Å². The maximum Gasteiger partial charge on any atom is 0.405 e. The number of amides is 1. The standard InChI is InChI=1S/C17H22F3N5OS2/c1-4-25(11(2)3)13-7-5-12(6-8-13)22-14(26)9-27-16-24-23-15(28-16)21-10-17(18,19)20/h5-8,11H,4,9-10H2,1-3H3,(H,21,23)(H,22,26). The Morgan fingerprint density at radius 3 is 2.50 bits per heavy atom. The number of aromatic nitrogens is 2. The zero-order chi connectivity index (χ0) is 20.7. The molecule has 0 radical (unpaired) electrons. The summed E-state index contributed by atoms with van der Waals surface area (Å²) in [4.78, 5) is 14.3. The average molecular weight is 434 g/mol. The fourth-order valence-electron chi connectivity index (χ4n) is 2.42. The third-order valence-electron chi connectivity index (χ3n) is 3.62. The first kappa shape index (κ1) is 22.3. The molecule has 0 atom stereocenters. The number of benzene rings is 1. The molecule has 0 aliphatic carbocycles. The summed E-state index contributed by atoms with van der Waals surface area (Å²) in [6.45, 7) is 6.04. The van der Waals surface area contributed by atoms with Crippen molar-refractivity contribution in [2.75, 3.05) is 34.4 Å². The van der Waals surface area contributed by atoms with Crippen LogP contribution >= 0.6 is 23.1 Å². The Morgan fingerprint density at radius 1 is 1.25 bits per heavy atom. The molecule has 0 fully saturated rings. The van der Waals surface area contributed by atoms with Crippen LogP contribution in [0.4, 0.5) is 29.7 Å². The fourth-order valence-corrected chi connectivity index (χ4v) is 3.97. The summed E-state index contributed by atoms with van der Waals surface area (Å²) in [5.41, 5.74) is 1.76. The van der Waals surface area contributed by atoms with Crippen molar-refractivity contribution in [3.05, 3.63) is 24.3 Å². The molecule has 1 heterocycles. The van der Waals surface area contributed by atoms with E-state index in [-0.39, 0.29) is 16.8 Å². The van der Waals surface area contributed by atoms with Crippen LogP contribution in [0.5, 0.6) is 0 Å². The molecule has 28 heavy (non-hydrogen) atoms. The van der Waals surface area contributed by atoms with E-state index in [1.807, 2.05) is 24.3 Å². The van der Waals surface area contributed by atoms with Crippen LogP contribution in [0.15, 0.2) is 28.6 Å². The number of thioether (sulfide) groups is 1. The molecule has 154 valence electrons. The molecule has 6 nitrogen and oxygen atoms in total. The van der Waals surface area contributed by atoms with E-state index in [9.17, 15) is 18.0 Å². The van der Waals surface area contributed by atoms with E-state index < -0.39 is 12.7 Å². The third-order valence-corrected chi connectivity index (χ3v) is 5.63. The van der Waals surface area contributed by atoms with Crippen molar-refractivity contribution in [2.24, 2.45) is 0 Å². The molecular weight excluding hydrogens is 411 g/mol. The van der Waals surface area contributed by atoms with Gasteiger partial charge in [-0.25, -0.2) is 0 Å².